The SMILES string of the molecule is O=C(Cc1ccc(-c2csc(NC(=O)c3ccc(N4CCNCC4)cc3)n2)s1)NO. The molecule has 0 atom stereocenters. The summed E-state index contributed by atoms with van der Waals surface area (Å²) in [5, 5.41) is 17.2. The van der Waals surface area contributed by atoms with E-state index in [-0.39, 0.29) is 12.3 Å². The van der Waals surface area contributed by atoms with Crippen molar-refractivity contribution < 1.29 is 14.8 Å². The molecular weight excluding hydrogens is 422 g/mol. The van der Waals surface area contributed by atoms with Gasteiger partial charge in [0.05, 0.1) is 17.0 Å². The number of nitrogens with one attached hydrogen (secondary N) is 3. The Hall–Kier alpha value is -2.79. The summed E-state index contributed by atoms with van der Waals surface area (Å²) >= 11 is 2.77. The lowest BCUT2D eigenvalue weighted by molar-refractivity contribution is -0.128. The Morgan fingerprint density at radius 3 is 2.63 bits per heavy atom. The second kappa shape index (κ2) is 9.35. The van der Waals surface area contributed by atoms with Gasteiger partial charge in [0.15, 0.2) is 5.13 Å². The maximum absolute atomic E-state index is 12.6. The zero-order valence-electron chi connectivity index (χ0n) is 16.1. The maximum Gasteiger partial charge on any atom is 0.257 e. The minimum Gasteiger partial charge on any atom is -0.369 e. The molecule has 1 aliphatic rings. The molecule has 3 aromatic rings. The van der Waals surface area contributed by atoms with Crippen molar-refractivity contribution in [2.45, 2.75) is 6.42 Å². The van der Waals surface area contributed by atoms with Gasteiger partial charge in [-0.1, -0.05) is 0 Å². The lowest BCUT2D eigenvalue weighted by Crippen LogP contribution is -2.43. The second-order valence-electron chi connectivity index (χ2n) is 6.75. The highest BCUT2D eigenvalue weighted by Gasteiger charge is 2.14. The van der Waals surface area contributed by atoms with Gasteiger partial charge in [-0.25, -0.2) is 10.5 Å². The van der Waals surface area contributed by atoms with Gasteiger partial charge in [0, 0.05) is 47.7 Å². The summed E-state index contributed by atoms with van der Waals surface area (Å²) in [5.41, 5.74) is 4.07. The van der Waals surface area contributed by atoms with Crippen molar-refractivity contribution in [3.8, 4) is 10.6 Å². The summed E-state index contributed by atoms with van der Waals surface area (Å²) in [6.45, 7) is 3.86. The molecule has 4 rings (SSSR count). The van der Waals surface area contributed by atoms with Crippen LogP contribution in [0.3, 0.4) is 0 Å². The fraction of sp³-hybridized carbons (Fsp3) is 0.250. The van der Waals surface area contributed by atoms with Crippen LogP contribution in [-0.4, -0.2) is 48.2 Å². The molecule has 156 valence electrons. The molecule has 0 unspecified atom stereocenters. The van der Waals surface area contributed by atoms with Gasteiger partial charge in [-0.15, -0.1) is 22.7 Å². The number of hydrogen-bond acceptors (Lipinski definition) is 8. The Morgan fingerprint density at radius 1 is 1.13 bits per heavy atom. The number of thiophene rings is 1. The number of aromatic nitrogens is 1. The van der Waals surface area contributed by atoms with Gasteiger partial charge < -0.3 is 10.2 Å². The van der Waals surface area contributed by atoms with Crippen LogP contribution in [0, 0.1) is 0 Å². The number of hydroxylamine groups is 1. The third-order valence-electron chi connectivity index (χ3n) is 4.71. The number of carbonyl (C=O) groups excluding carboxylic acids is 2. The Labute approximate surface area is 181 Å². The third-order valence-corrected chi connectivity index (χ3v) is 6.58. The molecule has 8 nitrogen and oxygen atoms in total. The Kier molecular flexibility index (Phi) is 6.38. The number of amides is 2. The average molecular weight is 444 g/mol. The molecule has 0 bridgehead atoms. The minimum absolute atomic E-state index is 0.110. The largest absolute Gasteiger partial charge is 0.369 e. The summed E-state index contributed by atoms with van der Waals surface area (Å²) in [7, 11) is 0. The van der Waals surface area contributed by atoms with Crippen LogP contribution in [0.25, 0.3) is 10.6 Å². The van der Waals surface area contributed by atoms with Crippen LogP contribution < -0.4 is 21.0 Å². The summed E-state index contributed by atoms with van der Waals surface area (Å²) < 4.78 is 0. The van der Waals surface area contributed by atoms with Crippen LogP contribution in [0.5, 0.6) is 0 Å². The van der Waals surface area contributed by atoms with Gasteiger partial charge in [0.25, 0.3) is 5.91 Å². The van der Waals surface area contributed by atoms with E-state index < -0.39 is 5.91 Å². The number of rotatable bonds is 6. The average Bonchev–Trinajstić information content (AvgIpc) is 3.44. The Bertz CT molecular complexity index is 1030. The standard InChI is InChI=1S/C20H21N5O3S2/c26-18(24-28)11-15-5-6-17(30-15)16-12-29-20(22-16)23-19(27)13-1-3-14(4-2-13)25-9-7-21-8-10-25/h1-6,12,21,28H,7-11H2,(H,24,26)(H,22,23,27). The molecule has 0 aliphatic carbocycles. The van der Waals surface area contributed by atoms with E-state index in [2.05, 4.69) is 20.5 Å². The molecule has 1 aromatic carbocycles. The van der Waals surface area contributed by atoms with Crippen molar-refractivity contribution in [1.82, 2.24) is 15.8 Å². The predicted molar refractivity (Wildman–Crippen MR) is 119 cm³/mol. The number of nitrogens with zero attached hydrogens (tertiary/aromatic N) is 2. The molecule has 1 fully saturated rings. The van der Waals surface area contributed by atoms with Gasteiger partial charge in [-0.3, -0.25) is 20.1 Å². The van der Waals surface area contributed by atoms with Gasteiger partial charge in [0.1, 0.15) is 0 Å². The highest BCUT2D eigenvalue weighted by Crippen LogP contribution is 2.31. The number of carbonyl (C=O) groups is 2. The molecule has 1 aliphatic heterocycles. The fourth-order valence-electron chi connectivity index (χ4n) is 3.17. The second-order valence-corrected chi connectivity index (χ2v) is 8.78. The predicted octanol–water partition coefficient (Wildman–Crippen LogP) is 2.58. The molecule has 1 saturated heterocycles. The molecule has 0 saturated carbocycles. The van der Waals surface area contributed by atoms with Crippen molar-refractivity contribution in [3.05, 3.63) is 52.2 Å². The zero-order chi connectivity index (χ0) is 20.9. The van der Waals surface area contributed by atoms with E-state index in [1.165, 1.54) is 22.7 Å². The van der Waals surface area contributed by atoms with Gasteiger partial charge in [-0.05, 0) is 36.4 Å². The zero-order valence-corrected chi connectivity index (χ0v) is 17.7. The molecule has 4 N–H and O–H groups in total. The molecule has 2 aromatic heterocycles. The van der Waals surface area contributed by atoms with E-state index >= 15 is 0 Å². The number of thiazole rings is 1. The first-order valence-corrected chi connectivity index (χ1v) is 11.2. The van der Waals surface area contributed by atoms with Crippen LogP contribution in [-0.2, 0) is 11.2 Å². The number of benzene rings is 1. The van der Waals surface area contributed by atoms with Crippen LogP contribution in [0.1, 0.15) is 15.2 Å². The summed E-state index contributed by atoms with van der Waals surface area (Å²) in [6.07, 6.45) is 0.110. The highest BCUT2D eigenvalue weighted by atomic mass is 32.1. The highest BCUT2D eigenvalue weighted by molar-refractivity contribution is 7.17. The van der Waals surface area contributed by atoms with E-state index in [9.17, 15) is 9.59 Å². The van der Waals surface area contributed by atoms with Crippen molar-refractivity contribution in [3.63, 3.8) is 0 Å². The van der Waals surface area contributed by atoms with E-state index in [1.54, 1.807) is 5.48 Å². The van der Waals surface area contributed by atoms with Crippen molar-refractivity contribution in [2.24, 2.45) is 0 Å². The van der Waals surface area contributed by atoms with Gasteiger partial charge in [0.2, 0.25) is 5.91 Å². The van der Waals surface area contributed by atoms with E-state index in [0.717, 1.165) is 47.3 Å². The molecule has 3 heterocycles. The van der Waals surface area contributed by atoms with Crippen LogP contribution >= 0.6 is 22.7 Å². The maximum atomic E-state index is 12.6. The summed E-state index contributed by atoms with van der Waals surface area (Å²) in [5.74, 6) is -0.660. The van der Waals surface area contributed by atoms with Crippen LogP contribution in [0.15, 0.2) is 41.8 Å². The smallest absolute Gasteiger partial charge is 0.257 e. The first kappa shape index (κ1) is 20.5. The van der Waals surface area contributed by atoms with Crippen molar-refractivity contribution in [2.75, 3.05) is 36.4 Å². The van der Waals surface area contributed by atoms with Crippen LogP contribution in [0.4, 0.5) is 10.8 Å². The fourth-order valence-corrected chi connectivity index (χ4v) is 4.92. The number of piperazine rings is 1. The first-order chi connectivity index (χ1) is 14.6. The normalized spacial score (nSPS) is 13.8. The lowest BCUT2D eigenvalue weighted by Gasteiger charge is -2.29. The Morgan fingerprint density at radius 2 is 1.90 bits per heavy atom. The monoisotopic (exact) mass is 443 g/mol. The van der Waals surface area contributed by atoms with E-state index in [1.807, 2.05) is 41.8 Å². The molecular formula is C20H21N5O3S2. The topological polar surface area (TPSA) is 107 Å². The van der Waals surface area contributed by atoms with E-state index in [4.69, 9.17) is 5.21 Å². The molecule has 2 amide bonds. The third kappa shape index (κ3) is 4.85. The van der Waals surface area contributed by atoms with Gasteiger partial charge in [-0.2, -0.15) is 0 Å². The van der Waals surface area contributed by atoms with Crippen molar-refractivity contribution >= 4 is 45.3 Å². The number of hydrogen-bond donors (Lipinski definition) is 4. The molecule has 30 heavy (non-hydrogen) atoms. The first-order valence-electron chi connectivity index (χ1n) is 9.47. The molecule has 10 heteroatoms. The Balaban J connectivity index is 1.38. The van der Waals surface area contributed by atoms with Gasteiger partial charge >= 0.3 is 0 Å². The summed E-state index contributed by atoms with van der Waals surface area (Å²) in [4.78, 5) is 32.3. The molecule has 0 radical (unpaired) electrons. The van der Waals surface area contributed by atoms with Crippen molar-refractivity contribution in [1.29, 1.82) is 0 Å². The van der Waals surface area contributed by atoms with E-state index in [0.29, 0.717) is 10.7 Å². The van der Waals surface area contributed by atoms with Crippen LogP contribution in [0.2, 0.25) is 0 Å². The quantitative estimate of drug-likeness (QED) is 0.345. The minimum atomic E-state index is -0.461. The number of anilines is 2. The molecule has 0 spiro atoms. The summed E-state index contributed by atoms with van der Waals surface area (Å²) in [6, 6.07) is 11.3. The lowest BCUT2D eigenvalue weighted by atomic mass is 10.1.